The van der Waals surface area contributed by atoms with Gasteiger partial charge in [0.1, 0.15) is 11.6 Å². The molecule has 0 unspecified atom stereocenters. The summed E-state index contributed by atoms with van der Waals surface area (Å²) in [6.45, 7) is 8.67. The number of hydrogen-bond acceptors (Lipinski definition) is 2. The number of unbranched alkanes of at least 4 members (excludes halogenated alkanes) is 8. The van der Waals surface area contributed by atoms with Crippen LogP contribution in [0.4, 0.5) is 0 Å². The Morgan fingerprint density at radius 1 is 0.440 bits per heavy atom. The zero-order chi connectivity index (χ0) is 18.5. The van der Waals surface area contributed by atoms with Crippen LogP contribution in [-0.2, 0) is 9.59 Å². The lowest BCUT2D eigenvalue weighted by Gasteiger charge is -1.98. The SMILES string of the molecule is CCCCCC(=O)CCCCC.CCCCCC(=O)CCCCC.O. The first-order valence-corrected chi connectivity index (χ1v) is 10.7. The number of ketones is 2. The molecular formula is C22H46O3. The minimum Gasteiger partial charge on any atom is -0.412 e. The van der Waals surface area contributed by atoms with Crippen molar-refractivity contribution in [1.82, 2.24) is 0 Å². The van der Waals surface area contributed by atoms with Gasteiger partial charge in [0.05, 0.1) is 0 Å². The number of Topliss-reactive ketones (excluding diaryl/α,β-unsaturated/α-hetero) is 2. The van der Waals surface area contributed by atoms with Crippen LogP contribution in [0, 0.1) is 0 Å². The highest BCUT2D eigenvalue weighted by Crippen LogP contribution is 2.07. The van der Waals surface area contributed by atoms with Crippen molar-refractivity contribution in [2.75, 3.05) is 0 Å². The van der Waals surface area contributed by atoms with Gasteiger partial charge in [-0.1, -0.05) is 79.1 Å². The summed E-state index contributed by atoms with van der Waals surface area (Å²) in [6, 6.07) is 0. The molecule has 0 aliphatic rings. The lowest BCUT2D eigenvalue weighted by Crippen LogP contribution is -1.96. The van der Waals surface area contributed by atoms with Crippen molar-refractivity contribution in [2.45, 2.75) is 130 Å². The van der Waals surface area contributed by atoms with Crippen molar-refractivity contribution in [1.29, 1.82) is 0 Å². The fourth-order valence-corrected chi connectivity index (χ4v) is 2.54. The lowest BCUT2D eigenvalue weighted by atomic mass is 10.1. The molecule has 0 rings (SSSR count). The number of carbonyl (C=O) groups is 2. The topological polar surface area (TPSA) is 65.6 Å². The second-order valence-electron chi connectivity index (χ2n) is 6.91. The third kappa shape index (κ3) is 28.4. The average molecular weight is 359 g/mol. The van der Waals surface area contributed by atoms with E-state index in [-0.39, 0.29) is 5.48 Å². The van der Waals surface area contributed by atoms with Crippen molar-refractivity contribution < 1.29 is 15.1 Å². The van der Waals surface area contributed by atoms with Crippen LogP contribution < -0.4 is 0 Å². The van der Waals surface area contributed by atoms with Gasteiger partial charge in [0.25, 0.3) is 0 Å². The molecule has 152 valence electrons. The Hall–Kier alpha value is -0.700. The molecule has 0 bridgehead atoms. The Kier molecular flexibility index (Phi) is 29.7. The first kappa shape index (κ1) is 29.1. The Morgan fingerprint density at radius 3 is 0.800 bits per heavy atom. The van der Waals surface area contributed by atoms with Crippen molar-refractivity contribution in [3.8, 4) is 0 Å². The Labute approximate surface area is 157 Å². The lowest BCUT2D eigenvalue weighted by molar-refractivity contribution is -0.120. The molecule has 0 aromatic heterocycles. The molecule has 0 fully saturated rings. The molecule has 0 aromatic rings. The molecule has 0 aliphatic carbocycles. The monoisotopic (exact) mass is 358 g/mol. The summed E-state index contributed by atoms with van der Waals surface area (Å²) in [7, 11) is 0. The zero-order valence-corrected chi connectivity index (χ0v) is 17.6. The van der Waals surface area contributed by atoms with Gasteiger partial charge in [0.2, 0.25) is 0 Å². The molecule has 0 radical (unpaired) electrons. The summed E-state index contributed by atoms with van der Waals surface area (Å²) < 4.78 is 0. The van der Waals surface area contributed by atoms with Crippen LogP contribution >= 0.6 is 0 Å². The average Bonchev–Trinajstić information content (AvgIpc) is 2.56. The first-order chi connectivity index (χ1) is 11.6. The van der Waals surface area contributed by atoms with Crippen LogP contribution in [0.2, 0.25) is 0 Å². The Morgan fingerprint density at radius 2 is 0.640 bits per heavy atom. The molecular weight excluding hydrogens is 312 g/mol. The van der Waals surface area contributed by atoms with E-state index >= 15 is 0 Å². The maximum atomic E-state index is 11.2. The standard InChI is InChI=1S/2C11H22O.H2O/c2*1-3-5-7-9-11(12)10-8-6-4-2;/h2*3-10H2,1-2H3;1H2. The largest absolute Gasteiger partial charge is 0.412 e. The van der Waals surface area contributed by atoms with Crippen LogP contribution in [0.25, 0.3) is 0 Å². The number of carbonyl (C=O) groups excluding carboxylic acids is 2. The highest BCUT2D eigenvalue weighted by Gasteiger charge is 2.00. The molecule has 0 saturated carbocycles. The molecule has 0 saturated heterocycles. The van der Waals surface area contributed by atoms with Gasteiger partial charge in [-0.25, -0.2) is 0 Å². The Bertz CT molecular complexity index is 222. The van der Waals surface area contributed by atoms with E-state index in [1.165, 1.54) is 51.4 Å². The van der Waals surface area contributed by atoms with Gasteiger partial charge in [-0.15, -0.1) is 0 Å². The number of rotatable bonds is 16. The van der Waals surface area contributed by atoms with Crippen LogP contribution in [0.15, 0.2) is 0 Å². The van der Waals surface area contributed by atoms with E-state index in [0.29, 0.717) is 11.6 Å². The normalized spacial score (nSPS) is 9.76. The Balaban J connectivity index is -0.000000372. The van der Waals surface area contributed by atoms with Crippen molar-refractivity contribution in [2.24, 2.45) is 0 Å². The first-order valence-electron chi connectivity index (χ1n) is 10.7. The van der Waals surface area contributed by atoms with Crippen molar-refractivity contribution in [3.05, 3.63) is 0 Å². The van der Waals surface area contributed by atoms with Crippen molar-refractivity contribution in [3.63, 3.8) is 0 Å². The quantitative estimate of drug-likeness (QED) is 0.291. The van der Waals surface area contributed by atoms with Gasteiger partial charge in [-0.3, -0.25) is 9.59 Å². The fourth-order valence-electron chi connectivity index (χ4n) is 2.54. The summed E-state index contributed by atoms with van der Waals surface area (Å²) in [4.78, 5) is 22.4. The fraction of sp³-hybridized carbons (Fsp3) is 0.909. The molecule has 0 aliphatic heterocycles. The predicted octanol–water partition coefficient (Wildman–Crippen LogP) is 6.61. The molecule has 2 N–H and O–H groups in total. The van der Waals surface area contributed by atoms with E-state index in [2.05, 4.69) is 27.7 Å². The highest BCUT2D eigenvalue weighted by molar-refractivity contribution is 5.78. The second-order valence-corrected chi connectivity index (χ2v) is 6.91. The molecule has 0 atom stereocenters. The predicted molar refractivity (Wildman–Crippen MR) is 110 cm³/mol. The highest BCUT2D eigenvalue weighted by atomic mass is 16.1. The maximum absolute atomic E-state index is 11.2. The summed E-state index contributed by atoms with van der Waals surface area (Å²) in [5, 5.41) is 0. The smallest absolute Gasteiger partial charge is 0.132 e. The van der Waals surface area contributed by atoms with E-state index in [0.717, 1.165) is 51.4 Å². The molecule has 3 nitrogen and oxygen atoms in total. The maximum Gasteiger partial charge on any atom is 0.132 e. The van der Waals surface area contributed by atoms with E-state index in [1.54, 1.807) is 0 Å². The van der Waals surface area contributed by atoms with Crippen LogP contribution in [0.5, 0.6) is 0 Å². The van der Waals surface area contributed by atoms with Gasteiger partial charge in [-0.2, -0.15) is 0 Å². The molecule has 3 heteroatoms. The third-order valence-corrected chi connectivity index (χ3v) is 4.24. The van der Waals surface area contributed by atoms with Gasteiger partial charge in [0.15, 0.2) is 0 Å². The molecule has 25 heavy (non-hydrogen) atoms. The minimum absolute atomic E-state index is 0. The van der Waals surface area contributed by atoms with Gasteiger partial charge < -0.3 is 5.48 Å². The van der Waals surface area contributed by atoms with E-state index in [9.17, 15) is 9.59 Å². The van der Waals surface area contributed by atoms with Gasteiger partial charge in [0, 0.05) is 25.7 Å². The summed E-state index contributed by atoms with van der Waals surface area (Å²) in [6.07, 6.45) is 17.3. The minimum atomic E-state index is 0. The van der Waals surface area contributed by atoms with E-state index in [1.807, 2.05) is 0 Å². The van der Waals surface area contributed by atoms with Gasteiger partial charge >= 0.3 is 0 Å². The molecule has 0 spiro atoms. The van der Waals surface area contributed by atoms with Crippen molar-refractivity contribution >= 4 is 11.6 Å². The van der Waals surface area contributed by atoms with E-state index in [4.69, 9.17) is 0 Å². The van der Waals surface area contributed by atoms with Gasteiger partial charge in [-0.05, 0) is 25.7 Å². The second kappa shape index (κ2) is 25.5. The van der Waals surface area contributed by atoms with Crippen LogP contribution in [-0.4, -0.2) is 17.0 Å². The molecule has 0 aromatic carbocycles. The summed E-state index contributed by atoms with van der Waals surface area (Å²) in [5.41, 5.74) is 0. The van der Waals surface area contributed by atoms with E-state index < -0.39 is 0 Å². The number of hydrogen-bond donors (Lipinski definition) is 0. The third-order valence-electron chi connectivity index (χ3n) is 4.24. The van der Waals surface area contributed by atoms with Crippen LogP contribution in [0.3, 0.4) is 0 Å². The summed E-state index contributed by atoms with van der Waals surface area (Å²) in [5.74, 6) is 0.939. The van der Waals surface area contributed by atoms with Crippen LogP contribution in [0.1, 0.15) is 130 Å². The zero-order valence-electron chi connectivity index (χ0n) is 17.6. The molecule has 0 amide bonds. The molecule has 0 heterocycles. The summed E-state index contributed by atoms with van der Waals surface area (Å²) >= 11 is 0.